The molecule has 2 aliphatic rings. The van der Waals surface area contributed by atoms with Crippen molar-refractivity contribution in [2.24, 2.45) is 0 Å². The van der Waals surface area contributed by atoms with E-state index in [4.69, 9.17) is 16.3 Å². The fourth-order valence-electron chi connectivity index (χ4n) is 3.62. The first kappa shape index (κ1) is 14.0. The Balaban J connectivity index is 1.92. The van der Waals surface area contributed by atoms with E-state index in [-0.39, 0.29) is 23.3 Å². The highest BCUT2D eigenvalue weighted by Crippen LogP contribution is 2.44. The molecule has 0 spiro atoms. The number of alkyl halides is 1. The lowest BCUT2D eigenvalue weighted by atomic mass is 9.95. The zero-order valence-corrected chi connectivity index (χ0v) is 13.9. The Morgan fingerprint density at radius 1 is 1.48 bits per heavy atom. The van der Waals surface area contributed by atoms with E-state index in [9.17, 15) is 4.39 Å². The van der Waals surface area contributed by atoms with Crippen molar-refractivity contribution in [3.63, 3.8) is 0 Å². The van der Waals surface area contributed by atoms with Crippen LogP contribution in [-0.2, 0) is 4.74 Å². The molecule has 0 saturated carbocycles. The second kappa shape index (κ2) is 4.93. The summed E-state index contributed by atoms with van der Waals surface area (Å²) < 4.78 is 22.4. The van der Waals surface area contributed by atoms with E-state index < -0.39 is 0 Å². The largest absolute Gasteiger partial charge is 0.373 e. The number of nitrogens with zero attached hydrogens (tertiary/aromatic N) is 2. The monoisotopic (exact) mass is 372 g/mol. The first-order chi connectivity index (χ1) is 10.0. The molecule has 0 aliphatic carbocycles. The predicted molar refractivity (Wildman–Crippen MR) is 83.2 cm³/mol. The maximum absolute atomic E-state index is 13.8. The smallest absolute Gasteiger partial charge is 0.139 e. The van der Waals surface area contributed by atoms with Gasteiger partial charge in [0.05, 0.1) is 39.1 Å². The number of hydrogen-bond acceptors (Lipinski definition) is 2. The van der Waals surface area contributed by atoms with E-state index in [1.54, 1.807) is 6.07 Å². The molecule has 3 nitrogen and oxygen atoms in total. The highest BCUT2D eigenvalue weighted by Gasteiger charge is 2.43. The minimum Gasteiger partial charge on any atom is -0.373 e. The van der Waals surface area contributed by atoms with Crippen molar-refractivity contribution in [1.82, 2.24) is 9.55 Å². The van der Waals surface area contributed by atoms with Gasteiger partial charge in [0, 0.05) is 6.07 Å². The van der Waals surface area contributed by atoms with E-state index in [2.05, 4.69) is 25.5 Å². The second-order valence-corrected chi connectivity index (χ2v) is 7.40. The lowest BCUT2D eigenvalue weighted by molar-refractivity contribution is 0.0939. The van der Waals surface area contributed by atoms with Gasteiger partial charge in [-0.15, -0.1) is 11.6 Å². The molecule has 4 atom stereocenters. The molecule has 21 heavy (non-hydrogen) atoms. The quantitative estimate of drug-likeness (QED) is 0.712. The number of fused-ring (bicyclic) bond motifs is 3. The summed E-state index contributed by atoms with van der Waals surface area (Å²) in [4.78, 5) is 4.56. The van der Waals surface area contributed by atoms with Crippen LogP contribution in [0.1, 0.15) is 43.4 Å². The summed E-state index contributed by atoms with van der Waals surface area (Å²) >= 11 is 9.58. The van der Waals surface area contributed by atoms with Gasteiger partial charge < -0.3 is 9.30 Å². The van der Waals surface area contributed by atoms with Gasteiger partial charge in [0.2, 0.25) is 0 Å². The Morgan fingerprint density at radius 3 is 2.90 bits per heavy atom. The van der Waals surface area contributed by atoms with Gasteiger partial charge in [-0.25, -0.2) is 9.37 Å². The van der Waals surface area contributed by atoms with Crippen LogP contribution >= 0.6 is 27.5 Å². The third-order valence-electron chi connectivity index (χ3n) is 4.52. The lowest BCUT2D eigenvalue weighted by Gasteiger charge is -2.24. The number of aromatic nitrogens is 2. The van der Waals surface area contributed by atoms with Gasteiger partial charge in [-0.1, -0.05) is 0 Å². The first-order valence-electron chi connectivity index (χ1n) is 7.21. The Morgan fingerprint density at radius 2 is 2.29 bits per heavy atom. The van der Waals surface area contributed by atoms with Crippen molar-refractivity contribution in [2.75, 3.05) is 0 Å². The minimum absolute atomic E-state index is 0.224. The van der Waals surface area contributed by atoms with E-state index in [1.807, 2.05) is 6.92 Å². The zero-order chi connectivity index (χ0) is 14.7. The number of benzene rings is 1. The molecule has 2 aliphatic heterocycles. The van der Waals surface area contributed by atoms with Crippen molar-refractivity contribution >= 4 is 38.6 Å². The molecule has 0 N–H and O–H groups in total. The Labute approximate surface area is 135 Å². The SMILES string of the molecule is CC(Cl)c1nc2cc(F)c(Br)cc2n1C1CC2CCC1O2. The van der Waals surface area contributed by atoms with Gasteiger partial charge in [-0.05, 0) is 48.2 Å². The fraction of sp³-hybridized carbons (Fsp3) is 0.533. The molecule has 2 saturated heterocycles. The summed E-state index contributed by atoms with van der Waals surface area (Å²) in [6, 6.07) is 3.52. The molecule has 0 amide bonds. The van der Waals surface area contributed by atoms with Crippen LogP contribution in [-0.4, -0.2) is 21.8 Å². The first-order valence-corrected chi connectivity index (χ1v) is 8.44. The standard InChI is InChI=1S/C15H15BrClFN2O/c1-7(17)15-19-11-6-10(18)9(16)5-12(11)20(15)13-4-8-2-3-14(13)21-8/h5-8,13-14H,2-4H2,1H3. The Bertz CT molecular complexity index is 717. The van der Waals surface area contributed by atoms with Crippen LogP contribution in [0.4, 0.5) is 4.39 Å². The molecule has 6 heteroatoms. The van der Waals surface area contributed by atoms with Gasteiger partial charge in [0.15, 0.2) is 0 Å². The molecule has 2 fully saturated rings. The number of rotatable bonds is 2. The number of ether oxygens (including phenoxy) is 1. The lowest BCUT2D eigenvalue weighted by Crippen LogP contribution is -2.22. The summed E-state index contributed by atoms with van der Waals surface area (Å²) in [6.45, 7) is 1.90. The van der Waals surface area contributed by atoms with Gasteiger partial charge in [-0.2, -0.15) is 0 Å². The van der Waals surface area contributed by atoms with Gasteiger partial charge in [0.1, 0.15) is 11.6 Å². The number of halogens is 3. The highest BCUT2D eigenvalue weighted by atomic mass is 79.9. The molecule has 4 unspecified atom stereocenters. The fourth-order valence-corrected chi connectivity index (χ4v) is 4.11. The molecule has 1 aromatic heterocycles. The van der Waals surface area contributed by atoms with Crippen LogP contribution in [0.3, 0.4) is 0 Å². The van der Waals surface area contributed by atoms with E-state index in [0.717, 1.165) is 30.6 Å². The zero-order valence-electron chi connectivity index (χ0n) is 11.5. The predicted octanol–water partition coefficient (Wildman–Crippen LogP) is 4.73. The molecular formula is C15H15BrClFN2O. The maximum Gasteiger partial charge on any atom is 0.139 e. The van der Waals surface area contributed by atoms with E-state index in [0.29, 0.717) is 16.1 Å². The summed E-state index contributed by atoms with van der Waals surface area (Å²) in [5.74, 6) is 0.496. The Kier molecular flexibility index (Phi) is 3.28. The van der Waals surface area contributed by atoms with Crippen molar-refractivity contribution in [2.45, 2.75) is 49.8 Å². The van der Waals surface area contributed by atoms with Crippen LogP contribution in [0.15, 0.2) is 16.6 Å². The topological polar surface area (TPSA) is 27.1 Å². The third kappa shape index (κ3) is 2.13. The van der Waals surface area contributed by atoms with Crippen molar-refractivity contribution in [1.29, 1.82) is 0 Å². The minimum atomic E-state index is -0.301. The summed E-state index contributed by atoms with van der Waals surface area (Å²) in [7, 11) is 0. The van der Waals surface area contributed by atoms with Gasteiger partial charge >= 0.3 is 0 Å². The summed E-state index contributed by atoms with van der Waals surface area (Å²) in [5, 5.41) is -0.224. The summed E-state index contributed by atoms with van der Waals surface area (Å²) in [6.07, 6.45) is 3.78. The van der Waals surface area contributed by atoms with E-state index >= 15 is 0 Å². The van der Waals surface area contributed by atoms with E-state index in [1.165, 1.54) is 6.07 Å². The number of imidazole rings is 1. The van der Waals surface area contributed by atoms with Gasteiger partial charge in [0.25, 0.3) is 0 Å². The third-order valence-corrected chi connectivity index (χ3v) is 5.32. The molecular weight excluding hydrogens is 359 g/mol. The number of hydrogen-bond donors (Lipinski definition) is 0. The molecule has 1 aromatic carbocycles. The van der Waals surface area contributed by atoms with Crippen molar-refractivity contribution < 1.29 is 9.13 Å². The maximum atomic E-state index is 13.8. The average Bonchev–Trinajstić information content (AvgIpc) is 3.12. The molecule has 0 radical (unpaired) electrons. The summed E-state index contributed by atoms with van der Waals surface area (Å²) in [5.41, 5.74) is 1.58. The van der Waals surface area contributed by atoms with Crippen LogP contribution in [0, 0.1) is 5.82 Å². The second-order valence-electron chi connectivity index (χ2n) is 5.89. The Hall–Kier alpha value is -0.650. The molecule has 2 bridgehead atoms. The highest BCUT2D eigenvalue weighted by molar-refractivity contribution is 9.10. The van der Waals surface area contributed by atoms with Crippen molar-refractivity contribution in [3.05, 3.63) is 28.2 Å². The normalized spacial score (nSPS) is 29.4. The van der Waals surface area contributed by atoms with Crippen molar-refractivity contribution in [3.8, 4) is 0 Å². The van der Waals surface area contributed by atoms with Crippen LogP contribution in [0.25, 0.3) is 11.0 Å². The van der Waals surface area contributed by atoms with Gasteiger partial charge in [-0.3, -0.25) is 0 Å². The molecule has 3 heterocycles. The van der Waals surface area contributed by atoms with Crippen LogP contribution < -0.4 is 0 Å². The molecule has 2 aromatic rings. The van der Waals surface area contributed by atoms with Crippen LogP contribution in [0.2, 0.25) is 0 Å². The molecule has 112 valence electrons. The molecule has 4 rings (SSSR count). The van der Waals surface area contributed by atoms with Crippen LogP contribution in [0.5, 0.6) is 0 Å². The average molecular weight is 374 g/mol.